The minimum Gasteiger partial charge on any atom is -0.469 e. The van der Waals surface area contributed by atoms with Crippen LogP contribution in [-0.4, -0.2) is 6.04 Å². The number of benzene rings is 1. The zero-order valence-electron chi connectivity index (χ0n) is 10.1. The third-order valence-electron chi connectivity index (χ3n) is 2.73. The largest absolute Gasteiger partial charge is 0.469 e. The molecule has 0 bridgehead atoms. The molecular weight excluding hydrogens is 236 g/mol. The number of furan rings is 1. The molecule has 1 heterocycles. The molecule has 0 aliphatic rings. The first-order chi connectivity index (χ1) is 8.65. The predicted octanol–water partition coefficient (Wildman–Crippen LogP) is 3.99. The third-order valence-corrected chi connectivity index (χ3v) is 2.73. The van der Waals surface area contributed by atoms with Gasteiger partial charge < -0.3 is 9.73 Å². The molecule has 18 heavy (non-hydrogen) atoms. The maximum Gasteiger partial charge on any atom is 0.146 e. The molecule has 2 nitrogen and oxygen atoms in total. The van der Waals surface area contributed by atoms with Gasteiger partial charge in [-0.1, -0.05) is 0 Å². The summed E-state index contributed by atoms with van der Waals surface area (Å²) in [4.78, 5) is 0. The predicted molar refractivity (Wildman–Crippen MR) is 66.5 cm³/mol. The van der Waals surface area contributed by atoms with Crippen LogP contribution in [-0.2, 0) is 6.42 Å². The van der Waals surface area contributed by atoms with Gasteiger partial charge in [-0.2, -0.15) is 0 Å². The van der Waals surface area contributed by atoms with Crippen LogP contribution >= 0.6 is 0 Å². The molecule has 2 rings (SSSR count). The fraction of sp³-hybridized carbons (Fsp3) is 0.286. The average molecular weight is 251 g/mol. The number of anilines is 1. The van der Waals surface area contributed by atoms with Crippen molar-refractivity contribution in [3.8, 4) is 0 Å². The molecule has 0 saturated carbocycles. The van der Waals surface area contributed by atoms with E-state index in [9.17, 15) is 8.78 Å². The first-order valence-corrected chi connectivity index (χ1v) is 5.89. The van der Waals surface area contributed by atoms with Crippen molar-refractivity contribution in [1.29, 1.82) is 0 Å². The van der Waals surface area contributed by atoms with Crippen molar-refractivity contribution in [1.82, 2.24) is 0 Å². The first kappa shape index (κ1) is 12.6. The van der Waals surface area contributed by atoms with Crippen molar-refractivity contribution in [3.63, 3.8) is 0 Å². The van der Waals surface area contributed by atoms with Gasteiger partial charge in [-0.15, -0.1) is 0 Å². The molecule has 4 heteroatoms. The summed E-state index contributed by atoms with van der Waals surface area (Å²) in [5.74, 6) is 0.00162. The molecule has 1 unspecified atom stereocenters. The van der Waals surface area contributed by atoms with E-state index in [4.69, 9.17) is 4.42 Å². The summed E-state index contributed by atoms with van der Waals surface area (Å²) < 4.78 is 31.6. The summed E-state index contributed by atoms with van der Waals surface area (Å²) in [5, 5.41) is 2.96. The third kappa shape index (κ3) is 3.32. The van der Waals surface area contributed by atoms with Crippen molar-refractivity contribution < 1.29 is 13.2 Å². The highest BCUT2D eigenvalue weighted by molar-refractivity contribution is 5.45. The van der Waals surface area contributed by atoms with E-state index >= 15 is 0 Å². The summed E-state index contributed by atoms with van der Waals surface area (Å²) >= 11 is 0. The molecule has 0 amide bonds. The van der Waals surface area contributed by atoms with Gasteiger partial charge in [0.15, 0.2) is 0 Å². The average Bonchev–Trinajstić information content (AvgIpc) is 2.84. The summed E-state index contributed by atoms with van der Waals surface area (Å²) in [6.07, 6.45) is 3.17. The molecule has 0 aliphatic heterocycles. The Morgan fingerprint density at radius 3 is 2.83 bits per heavy atom. The van der Waals surface area contributed by atoms with Gasteiger partial charge >= 0.3 is 0 Å². The van der Waals surface area contributed by atoms with Gasteiger partial charge in [0.05, 0.1) is 12.0 Å². The van der Waals surface area contributed by atoms with E-state index in [0.29, 0.717) is 0 Å². The van der Waals surface area contributed by atoms with Gasteiger partial charge in [0, 0.05) is 12.5 Å². The first-order valence-electron chi connectivity index (χ1n) is 5.89. The molecule has 1 N–H and O–H groups in total. The molecule has 0 saturated heterocycles. The van der Waals surface area contributed by atoms with Crippen LogP contribution < -0.4 is 5.32 Å². The quantitative estimate of drug-likeness (QED) is 0.869. The lowest BCUT2D eigenvalue weighted by Gasteiger charge is -2.15. The summed E-state index contributed by atoms with van der Waals surface area (Å²) in [6.45, 7) is 1.92. The maximum absolute atomic E-state index is 13.4. The van der Waals surface area contributed by atoms with E-state index in [1.165, 1.54) is 6.07 Å². The van der Waals surface area contributed by atoms with Crippen LogP contribution in [0, 0.1) is 11.6 Å². The SMILES string of the molecule is CC(CCc1ccco1)Nc1cc(F)ccc1F. The molecule has 1 aromatic carbocycles. The number of halogens is 2. The number of hydrogen-bond acceptors (Lipinski definition) is 2. The van der Waals surface area contributed by atoms with Gasteiger partial charge in [0.1, 0.15) is 17.4 Å². The van der Waals surface area contributed by atoms with E-state index in [0.717, 1.165) is 30.7 Å². The van der Waals surface area contributed by atoms with E-state index < -0.39 is 11.6 Å². The Hall–Kier alpha value is -1.84. The minimum atomic E-state index is -0.447. The van der Waals surface area contributed by atoms with Gasteiger partial charge in [-0.3, -0.25) is 0 Å². The highest BCUT2D eigenvalue weighted by Gasteiger charge is 2.08. The molecule has 1 aromatic heterocycles. The number of hydrogen-bond donors (Lipinski definition) is 1. The summed E-state index contributed by atoms with van der Waals surface area (Å²) in [7, 11) is 0. The lowest BCUT2D eigenvalue weighted by molar-refractivity contribution is 0.494. The Labute approximate surface area is 105 Å². The Balaban J connectivity index is 1.90. The summed E-state index contributed by atoms with van der Waals surface area (Å²) in [5.41, 5.74) is 0.196. The molecule has 0 radical (unpaired) electrons. The molecule has 2 aromatic rings. The highest BCUT2D eigenvalue weighted by Crippen LogP contribution is 2.17. The van der Waals surface area contributed by atoms with Crippen LogP contribution in [0.15, 0.2) is 41.0 Å². The Morgan fingerprint density at radius 1 is 1.28 bits per heavy atom. The van der Waals surface area contributed by atoms with Crippen LogP contribution in [0.1, 0.15) is 19.1 Å². The standard InChI is InChI=1S/C14H15F2NO/c1-10(4-6-12-3-2-8-18-12)17-14-9-11(15)5-7-13(14)16/h2-3,5,7-10,17H,4,6H2,1H3. The van der Waals surface area contributed by atoms with Crippen LogP contribution in [0.4, 0.5) is 14.5 Å². The van der Waals surface area contributed by atoms with E-state index in [-0.39, 0.29) is 11.7 Å². The van der Waals surface area contributed by atoms with Gasteiger partial charge in [-0.25, -0.2) is 8.78 Å². The van der Waals surface area contributed by atoms with Gasteiger partial charge in [-0.05, 0) is 43.7 Å². The van der Waals surface area contributed by atoms with Gasteiger partial charge in [0.25, 0.3) is 0 Å². The fourth-order valence-electron chi connectivity index (χ4n) is 1.76. The zero-order valence-corrected chi connectivity index (χ0v) is 10.1. The molecule has 1 atom stereocenters. The Bertz CT molecular complexity index is 497. The van der Waals surface area contributed by atoms with E-state index in [2.05, 4.69) is 5.32 Å². The second-order valence-corrected chi connectivity index (χ2v) is 4.29. The minimum absolute atomic E-state index is 0.0337. The monoisotopic (exact) mass is 251 g/mol. The molecule has 0 aliphatic carbocycles. The van der Waals surface area contributed by atoms with Crippen molar-refractivity contribution in [3.05, 3.63) is 54.0 Å². The molecule has 0 fully saturated rings. The van der Waals surface area contributed by atoms with Crippen LogP contribution in [0.25, 0.3) is 0 Å². The second-order valence-electron chi connectivity index (χ2n) is 4.29. The molecule has 0 spiro atoms. The molecule has 96 valence electrons. The van der Waals surface area contributed by atoms with Crippen molar-refractivity contribution in [2.75, 3.05) is 5.32 Å². The van der Waals surface area contributed by atoms with Crippen molar-refractivity contribution >= 4 is 5.69 Å². The van der Waals surface area contributed by atoms with Crippen molar-refractivity contribution in [2.24, 2.45) is 0 Å². The topological polar surface area (TPSA) is 25.2 Å². The zero-order chi connectivity index (χ0) is 13.0. The number of rotatable bonds is 5. The number of nitrogens with one attached hydrogen (secondary N) is 1. The van der Waals surface area contributed by atoms with E-state index in [1.54, 1.807) is 6.26 Å². The fourth-order valence-corrected chi connectivity index (χ4v) is 1.76. The van der Waals surface area contributed by atoms with Gasteiger partial charge in [0.2, 0.25) is 0 Å². The lowest BCUT2D eigenvalue weighted by Crippen LogP contribution is -2.17. The molecular formula is C14H15F2NO. The van der Waals surface area contributed by atoms with Crippen LogP contribution in [0.3, 0.4) is 0 Å². The second kappa shape index (κ2) is 5.67. The summed E-state index contributed by atoms with van der Waals surface area (Å²) in [6, 6.07) is 7.16. The van der Waals surface area contributed by atoms with E-state index in [1.807, 2.05) is 19.1 Å². The van der Waals surface area contributed by atoms with Crippen LogP contribution in [0.5, 0.6) is 0 Å². The maximum atomic E-state index is 13.4. The highest BCUT2D eigenvalue weighted by atomic mass is 19.1. The van der Waals surface area contributed by atoms with Crippen molar-refractivity contribution in [2.45, 2.75) is 25.8 Å². The Kier molecular flexibility index (Phi) is 3.97. The Morgan fingerprint density at radius 2 is 2.11 bits per heavy atom. The smallest absolute Gasteiger partial charge is 0.146 e. The number of aryl methyl sites for hydroxylation is 1. The lowest BCUT2D eigenvalue weighted by atomic mass is 10.1. The van der Waals surface area contributed by atoms with Crippen LogP contribution in [0.2, 0.25) is 0 Å². The normalized spacial score (nSPS) is 12.4.